The van der Waals surface area contributed by atoms with Crippen LogP contribution in [0.3, 0.4) is 0 Å². The molecule has 0 fully saturated rings. The summed E-state index contributed by atoms with van der Waals surface area (Å²) in [5.74, 6) is -0.391. The highest BCUT2D eigenvalue weighted by molar-refractivity contribution is 5.92. The molecule has 1 unspecified atom stereocenters. The van der Waals surface area contributed by atoms with E-state index in [-0.39, 0.29) is 17.1 Å². The highest BCUT2D eigenvalue weighted by atomic mass is 16.6. The van der Waals surface area contributed by atoms with Gasteiger partial charge in [-0.25, -0.2) is 4.68 Å². The summed E-state index contributed by atoms with van der Waals surface area (Å²) in [5.41, 5.74) is 0.353. The normalized spacial score (nSPS) is 11.9. The van der Waals surface area contributed by atoms with Crippen LogP contribution in [-0.2, 0) is 0 Å². The standard InChI is InChI=1S/C14H16N4O4/c1-10(19)6-8-15-14(20)11-7-9-17(16-11)12-4-2-3-5-13(12)18(21)22/h2-5,7,9-10,19H,6,8H2,1H3,(H,15,20). The van der Waals surface area contributed by atoms with E-state index >= 15 is 0 Å². The summed E-state index contributed by atoms with van der Waals surface area (Å²) in [7, 11) is 0. The number of amides is 1. The van der Waals surface area contributed by atoms with Gasteiger partial charge in [0.05, 0.1) is 11.0 Å². The van der Waals surface area contributed by atoms with Crippen LogP contribution >= 0.6 is 0 Å². The van der Waals surface area contributed by atoms with Crippen molar-refractivity contribution in [2.45, 2.75) is 19.4 Å². The fourth-order valence-electron chi connectivity index (χ4n) is 1.88. The fraction of sp³-hybridized carbons (Fsp3) is 0.286. The molecule has 1 heterocycles. The van der Waals surface area contributed by atoms with Crippen molar-refractivity contribution in [2.75, 3.05) is 6.54 Å². The Morgan fingerprint density at radius 2 is 2.18 bits per heavy atom. The minimum Gasteiger partial charge on any atom is -0.393 e. The molecule has 8 heteroatoms. The second-order valence-corrected chi connectivity index (χ2v) is 4.78. The van der Waals surface area contributed by atoms with Gasteiger partial charge >= 0.3 is 0 Å². The van der Waals surface area contributed by atoms with Crippen LogP contribution in [-0.4, -0.2) is 38.4 Å². The van der Waals surface area contributed by atoms with Crippen molar-refractivity contribution in [2.24, 2.45) is 0 Å². The number of hydrogen-bond donors (Lipinski definition) is 2. The minimum absolute atomic E-state index is 0.0911. The monoisotopic (exact) mass is 304 g/mol. The second kappa shape index (κ2) is 6.81. The maximum Gasteiger partial charge on any atom is 0.294 e. The van der Waals surface area contributed by atoms with Gasteiger partial charge < -0.3 is 10.4 Å². The van der Waals surface area contributed by atoms with E-state index in [0.29, 0.717) is 13.0 Å². The highest BCUT2D eigenvalue weighted by Gasteiger charge is 2.16. The van der Waals surface area contributed by atoms with Gasteiger partial charge in [-0.2, -0.15) is 5.10 Å². The molecule has 0 bridgehead atoms. The number of carbonyl (C=O) groups excluding carboxylic acids is 1. The predicted molar refractivity (Wildman–Crippen MR) is 78.8 cm³/mol. The quantitative estimate of drug-likeness (QED) is 0.617. The van der Waals surface area contributed by atoms with Crippen LogP contribution < -0.4 is 5.32 Å². The van der Waals surface area contributed by atoms with Crippen molar-refractivity contribution in [3.8, 4) is 5.69 Å². The largest absolute Gasteiger partial charge is 0.393 e. The number of hydrogen-bond acceptors (Lipinski definition) is 5. The van der Waals surface area contributed by atoms with Gasteiger partial charge in [0.1, 0.15) is 5.69 Å². The molecule has 2 aromatic rings. The summed E-state index contributed by atoms with van der Waals surface area (Å²) in [6.07, 6.45) is 1.44. The summed E-state index contributed by atoms with van der Waals surface area (Å²) in [5, 5.41) is 26.8. The predicted octanol–water partition coefficient (Wildman–Crippen LogP) is 1.28. The van der Waals surface area contributed by atoms with Gasteiger partial charge in [0, 0.05) is 18.8 Å². The van der Waals surface area contributed by atoms with Crippen LogP contribution in [0, 0.1) is 10.1 Å². The number of nitrogens with zero attached hydrogens (tertiary/aromatic N) is 3. The summed E-state index contributed by atoms with van der Waals surface area (Å²) in [4.78, 5) is 22.4. The number of nitrogens with one attached hydrogen (secondary N) is 1. The van der Waals surface area contributed by atoms with E-state index in [1.165, 1.54) is 23.0 Å². The zero-order valence-corrected chi connectivity index (χ0v) is 12.0. The van der Waals surface area contributed by atoms with Gasteiger partial charge in [-0.05, 0) is 25.5 Å². The Kier molecular flexibility index (Phi) is 4.84. The van der Waals surface area contributed by atoms with E-state index in [9.17, 15) is 14.9 Å². The molecule has 8 nitrogen and oxygen atoms in total. The van der Waals surface area contributed by atoms with Crippen molar-refractivity contribution >= 4 is 11.6 Å². The van der Waals surface area contributed by atoms with E-state index in [4.69, 9.17) is 5.11 Å². The number of nitro groups is 1. The Bertz CT molecular complexity index is 681. The molecule has 2 rings (SSSR count). The maximum absolute atomic E-state index is 11.9. The summed E-state index contributed by atoms with van der Waals surface area (Å²) in [6, 6.07) is 7.63. The molecule has 1 aromatic carbocycles. The third-order valence-corrected chi connectivity index (χ3v) is 2.99. The van der Waals surface area contributed by atoms with E-state index in [1.54, 1.807) is 25.1 Å². The Morgan fingerprint density at radius 1 is 1.45 bits per heavy atom. The molecule has 0 aliphatic rings. The summed E-state index contributed by atoms with van der Waals surface area (Å²) in [6.45, 7) is 1.96. The third-order valence-electron chi connectivity index (χ3n) is 2.99. The Labute approximate surface area is 126 Å². The number of carbonyl (C=O) groups is 1. The fourth-order valence-corrected chi connectivity index (χ4v) is 1.88. The molecule has 2 N–H and O–H groups in total. The van der Waals surface area contributed by atoms with Crippen LogP contribution in [0.15, 0.2) is 36.5 Å². The van der Waals surface area contributed by atoms with Crippen LogP contribution in [0.1, 0.15) is 23.8 Å². The van der Waals surface area contributed by atoms with E-state index in [0.717, 1.165) is 0 Å². The molecule has 116 valence electrons. The number of para-hydroxylation sites is 2. The van der Waals surface area contributed by atoms with Crippen LogP contribution in [0.5, 0.6) is 0 Å². The van der Waals surface area contributed by atoms with Crippen molar-refractivity contribution in [3.05, 3.63) is 52.3 Å². The number of nitro benzene ring substituents is 1. The van der Waals surface area contributed by atoms with Gasteiger partial charge in [0.25, 0.3) is 11.6 Å². The van der Waals surface area contributed by atoms with Gasteiger partial charge in [0.15, 0.2) is 5.69 Å². The maximum atomic E-state index is 11.9. The first-order valence-electron chi connectivity index (χ1n) is 6.75. The average molecular weight is 304 g/mol. The molecule has 0 aliphatic heterocycles. The first-order chi connectivity index (χ1) is 10.5. The van der Waals surface area contributed by atoms with Crippen molar-refractivity contribution in [1.29, 1.82) is 0 Å². The Hall–Kier alpha value is -2.74. The van der Waals surface area contributed by atoms with E-state index < -0.39 is 16.9 Å². The van der Waals surface area contributed by atoms with Gasteiger partial charge in [-0.1, -0.05) is 12.1 Å². The molecule has 1 atom stereocenters. The van der Waals surface area contributed by atoms with E-state index in [1.807, 2.05) is 0 Å². The number of rotatable bonds is 6. The number of aliphatic hydroxyl groups is 1. The Balaban J connectivity index is 2.15. The molecule has 0 saturated carbocycles. The molecule has 0 spiro atoms. The Morgan fingerprint density at radius 3 is 2.86 bits per heavy atom. The smallest absolute Gasteiger partial charge is 0.294 e. The first-order valence-corrected chi connectivity index (χ1v) is 6.75. The van der Waals surface area contributed by atoms with Gasteiger partial charge in [-0.15, -0.1) is 0 Å². The molecule has 1 amide bonds. The minimum atomic E-state index is -0.501. The third kappa shape index (κ3) is 3.67. The summed E-state index contributed by atoms with van der Waals surface area (Å²) < 4.78 is 1.29. The average Bonchev–Trinajstić information content (AvgIpc) is 2.96. The lowest BCUT2D eigenvalue weighted by molar-refractivity contribution is -0.384. The zero-order valence-electron chi connectivity index (χ0n) is 12.0. The molecule has 0 aliphatic carbocycles. The molecular weight excluding hydrogens is 288 g/mol. The lowest BCUT2D eigenvalue weighted by Crippen LogP contribution is -2.27. The topological polar surface area (TPSA) is 110 Å². The van der Waals surface area contributed by atoms with Crippen molar-refractivity contribution in [3.63, 3.8) is 0 Å². The van der Waals surface area contributed by atoms with Crippen LogP contribution in [0.4, 0.5) is 5.69 Å². The molecule has 1 aromatic heterocycles. The molecule has 0 saturated heterocycles. The lowest BCUT2D eigenvalue weighted by Gasteiger charge is -2.05. The van der Waals surface area contributed by atoms with Crippen LogP contribution in [0.2, 0.25) is 0 Å². The second-order valence-electron chi connectivity index (χ2n) is 4.78. The number of aliphatic hydroxyl groups excluding tert-OH is 1. The van der Waals surface area contributed by atoms with Gasteiger partial charge in [-0.3, -0.25) is 14.9 Å². The number of benzene rings is 1. The molecule has 0 radical (unpaired) electrons. The molecular formula is C14H16N4O4. The molecule has 22 heavy (non-hydrogen) atoms. The van der Waals surface area contributed by atoms with E-state index in [2.05, 4.69) is 10.4 Å². The first kappa shape index (κ1) is 15.6. The number of aromatic nitrogens is 2. The zero-order chi connectivity index (χ0) is 16.1. The summed E-state index contributed by atoms with van der Waals surface area (Å²) >= 11 is 0. The lowest BCUT2D eigenvalue weighted by atomic mass is 10.3. The SMILES string of the molecule is CC(O)CCNC(=O)c1ccn(-c2ccccc2[N+](=O)[O-])n1. The van der Waals surface area contributed by atoms with Crippen molar-refractivity contribution < 1.29 is 14.8 Å². The van der Waals surface area contributed by atoms with Crippen LogP contribution in [0.25, 0.3) is 5.69 Å². The highest BCUT2D eigenvalue weighted by Crippen LogP contribution is 2.21. The van der Waals surface area contributed by atoms with Crippen molar-refractivity contribution in [1.82, 2.24) is 15.1 Å². The van der Waals surface area contributed by atoms with Gasteiger partial charge in [0.2, 0.25) is 0 Å².